The molecule has 0 atom stereocenters. The summed E-state index contributed by atoms with van der Waals surface area (Å²) < 4.78 is 8.02. The molecule has 3 nitrogen and oxygen atoms in total. The molecule has 0 saturated carbocycles. The third kappa shape index (κ3) is 9.12. The standard InChI is InChI=1S/C24H38Br2N2OS/c1-3-5-6-7-8-9-10-11-12-13-14-15-16-17-18-29-24-19(4-2)27-20-21(28-24)23(26)30-22(20)25/h3-18H2,1-2H3. The third-order valence-electron chi connectivity index (χ3n) is 5.55. The van der Waals surface area contributed by atoms with Gasteiger partial charge in [0.05, 0.1) is 14.2 Å². The molecule has 30 heavy (non-hydrogen) atoms. The van der Waals surface area contributed by atoms with E-state index in [9.17, 15) is 0 Å². The van der Waals surface area contributed by atoms with Crippen LogP contribution in [0.2, 0.25) is 0 Å². The number of ether oxygens (including phenoxy) is 1. The van der Waals surface area contributed by atoms with Crippen LogP contribution in [0.1, 0.15) is 109 Å². The first-order chi connectivity index (χ1) is 14.7. The summed E-state index contributed by atoms with van der Waals surface area (Å²) in [6, 6.07) is 0. The molecule has 2 aromatic heterocycles. The molecule has 0 radical (unpaired) electrons. The third-order valence-corrected chi connectivity index (χ3v) is 8.02. The molecule has 0 aromatic carbocycles. The van der Waals surface area contributed by atoms with Gasteiger partial charge in [0.1, 0.15) is 16.7 Å². The number of fused-ring (bicyclic) bond motifs is 1. The fourth-order valence-corrected chi connectivity index (χ4v) is 6.53. The van der Waals surface area contributed by atoms with Crippen LogP contribution in [0.25, 0.3) is 11.0 Å². The SMILES string of the molecule is CCCCCCCCCCCCCCCCOc1nc2c(Br)sc(Br)c2nc1CC. The molecule has 6 heteroatoms. The average molecular weight is 562 g/mol. The second-order valence-corrected chi connectivity index (χ2v) is 11.8. The second-order valence-electron chi connectivity index (χ2n) is 8.12. The summed E-state index contributed by atoms with van der Waals surface area (Å²) >= 11 is 8.76. The molecule has 0 bridgehead atoms. The van der Waals surface area contributed by atoms with Gasteiger partial charge in [0, 0.05) is 0 Å². The van der Waals surface area contributed by atoms with Gasteiger partial charge in [-0.3, -0.25) is 0 Å². The Morgan fingerprint density at radius 3 is 1.63 bits per heavy atom. The summed E-state index contributed by atoms with van der Waals surface area (Å²) in [6.45, 7) is 5.12. The maximum atomic E-state index is 6.00. The van der Waals surface area contributed by atoms with E-state index in [-0.39, 0.29) is 0 Å². The van der Waals surface area contributed by atoms with Gasteiger partial charge in [-0.1, -0.05) is 97.3 Å². The van der Waals surface area contributed by atoms with E-state index in [4.69, 9.17) is 14.7 Å². The van der Waals surface area contributed by atoms with E-state index < -0.39 is 0 Å². The minimum absolute atomic E-state index is 0.700. The van der Waals surface area contributed by atoms with Crippen molar-refractivity contribution in [1.29, 1.82) is 0 Å². The van der Waals surface area contributed by atoms with E-state index in [1.54, 1.807) is 11.3 Å². The normalized spacial score (nSPS) is 11.5. The van der Waals surface area contributed by atoms with Gasteiger partial charge >= 0.3 is 0 Å². The van der Waals surface area contributed by atoms with Crippen molar-refractivity contribution in [2.75, 3.05) is 6.61 Å². The van der Waals surface area contributed by atoms with E-state index in [0.717, 1.165) is 43.7 Å². The van der Waals surface area contributed by atoms with E-state index in [1.807, 2.05) is 0 Å². The number of hydrogen-bond acceptors (Lipinski definition) is 4. The van der Waals surface area contributed by atoms with Gasteiger partial charge in [-0.25, -0.2) is 9.97 Å². The van der Waals surface area contributed by atoms with Crippen molar-refractivity contribution in [2.45, 2.75) is 110 Å². The number of nitrogens with zero attached hydrogens (tertiary/aromatic N) is 2. The Hall–Kier alpha value is -0.200. The lowest BCUT2D eigenvalue weighted by atomic mass is 10.0. The number of hydrogen-bond donors (Lipinski definition) is 0. The fourth-order valence-electron chi connectivity index (χ4n) is 3.72. The van der Waals surface area contributed by atoms with Crippen LogP contribution in [0.4, 0.5) is 0 Å². The van der Waals surface area contributed by atoms with Crippen LogP contribution >= 0.6 is 43.2 Å². The van der Waals surface area contributed by atoms with Crippen LogP contribution in [0.5, 0.6) is 5.88 Å². The van der Waals surface area contributed by atoms with E-state index >= 15 is 0 Å². The largest absolute Gasteiger partial charge is 0.476 e. The molecule has 0 aliphatic heterocycles. The quantitative estimate of drug-likeness (QED) is 0.180. The molecule has 0 spiro atoms. The van der Waals surface area contributed by atoms with Crippen LogP contribution in [0, 0.1) is 0 Å². The van der Waals surface area contributed by atoms with Crippen molar-refractivity contribution >= 4 is 54.2 Å². The maximum absolute atomic E-state index is 6.00. The lowest BCUT2D eigenvalue weighted by Gasteiger charge is -2.09. The molecule has 2 heterocycles. The highest BCUT2D eigenvalue weighted by atomic mass is 79.9. The lowest BCUT2D eigenvalue weighted by Crippen LogP contribution is -2.04. The Labute approximate surface area is 204 Å². The van der Waals surface area contributed by atoms with Gasteiger partial charge in [0.15, 0.2) is 0 Å². The number of unbranched alkanes of at least 4 members (excludes halogenated alkanes) is 13. The molecule has 2 rings (SSSR count). The summed E-state index contributed by atoms with van der Waals surface area (Å²) in [5.41, 5.74) is 2.76. The first-order valence-electron chi connectivity index (χ1n) is 11.9. The minimum Gasteiger partial charge on any atom is -0.476 e. The van der Waals surface area contributed by atoms with Crippen LogP contribution in [-0.2, 0) is 6.42 Å². The molecule has 0 fully saturated rings. The maximum Gasteiger partial charge on any atom is 0.236 e. The first kappa shape index (κ1) is 26.1. The predicted molar refractivity (Wildman–Crippen MR) is 138 cm³/mol. The molecule has 2 aromatic rings. The highest BCUT2D eigenvalue weighted by Gasteiger charge is 2.15. The van der Waals surface area contributed by atoms with Crippen LogP contribution in [0.15, 0.2) is 7.57 Å². The Morgan fingerprint density at radius 1 is 0.667 bits per heavy atom. The lowest BCUT2D eigenvalue weighted by molar-refractivity contribution is 0.289. The minimum atomic E-state index is 0.700. The molecule has 0 N–H and O–H groups in total. The van der Waals surface area contributed by atoms with Gasteiger partial charge in [-0.05, 0) is 44.7 Å². The Kier molecular flexibility index (Phi) is 13.5. The fraction of sp³-hybridized carbons (Fsp3) is 0.750. The average Bonchev–Trinajstić information content (AvgIpc) is 3.02. The molecular formula is C24H38Br2N2OS. The van der Waals surface area contributed by atoms with Crippen LogP contribution < -0.4 is 4.74 Å². The first-order valence-corrected chi connectivity index (χ1v) is 14.3. The molecule has 0 amide bonds. The molecule has 0 saturated heterocycles. The number of aryl methyl sites for hydroxylation is 1. The number of rotatable bonds is 17. The van der Waals surface area contributed by atoms with Crippen molar-refractivity contribution in [3.63, 3.8) is 0 Å². The molecule has 0 aliphatic rings. The Morgan fingerprint density at radius 2 is 1.13 bits per heavy atom. The summed E-state index contributed by atoms with van der Waals surface area (Å²) in [7, 11) is 0. The zero-order valence-electron chi connectivity index (χ0n) is 18.8. The van der Waals surface area contributed by atoms with Gasteiger partial charge in [0.2, 0.25) is 5.88 Å². The van der Waals surface area contributed by atoms with E-state index in [1.165, 1.54) is 83.5 Å². The summed E-state index contributed by atoms with van der Waals surface area (Å²) in [5.74, 6) is 0.700. The molecule has 170 valence electrons. The van der Waals surface area contributed by atoms with E-state index in [2.05, 4.69) is 45.7 Å². The van der Waals surface area contributed by atoms with Gasteiger partial charge in [0.25, 0.3) is 0 Å². The van der Waals surface area contributed by atoms with Crippen molar-refractivity contribution < 1.29 is 4.74 Å². The van der Waals surface area contributed by atoms with Crippen LogP contribution in [-0.4, -0.2) is 16.6 Å². The highest BCUT2D eigenvalue weighted by Crippen LogP contribution is 2.38. The van der Waals surface area contributed by atoms with E-state index in [0.29, 0.717) is 5.88 Å². The summed E-state index contributed by atoms with van der Waals surface area (Å²) in [6.07, 6.45) is 20.0. The number of aromatic nitrogens is 2. The van der Waals surface area contributed by atoms with Gasteiger partial charge in [-0.2, -0.15) is 0 Å². The molecule has 0 unspecified atom stereocenters. The monoisotopic (exact) mass is 560 g/mol. The molecule has 0 aliphatic carbocycles. The molecular weight excluding hydrogens is 524 g/mol. The predicted octanol–water partition coefficient (Wildman–Crippen LogP) is 9.64. The van der Waals surface area contributed by atoms with Gasteiger partial charge in [-0.15, -0.1) is 11.3 Å². The summed E-state index contributed by atoms with van der Waals surface area (Å²) in [5, 5.41) is 0. The van der Waals surface area contributed by atoms with Crippen molar-refractivity contribution in [2.24, 2.45) is 0 Å². The zero-order chi connectivity index (χ0) is 21.6. The Bertz CT molecular complexity index is 736. The van der Waals surface area contributed by atoms with Crippen molar-refractivity contribution in [3.05, 3.63) is 13.3 Å². The highest BCUT2D eigenvalue weighted by molar-refractivity contribution is 9.12. The number of thiophene rings is 1. The number of halogens is 2. The van der Waals surface area contributed by atoms with Gasteiger partial charge < -0.3 is 4.74 Å². The smallest absolute Gasteiger partial charge is 0.236 e. The van der Waals surface area contributed by atoms with Crippen molar-refractivity contribution in [3.8, 4) is 5.88 Å². The van der Waals surface area contributed by atoms with Crippen molar-refractivity contribution in [1.82, 2.24) is 9.97 Å². The zero-order valence-corrected chi connectivity index (χ0v) is 22.8. The second kappa shape index (κ2) is 15.6. The topological polar surface area (TPSA) is 35.0 Å². The Balaban J connectivity index is 1.51. The summed E-state index contributed by atoms with van der Waals surface area (Å²) in [4.78, 5) is 9.47. The van der Waals surface area contributed by atoms with Crippen LogP contribution in [0.3, 0.4) is 0 Å².